The van der Waals surface area contributed by atoms with Gasteiger partial charge in [0.1, 0.15) is 6.61 Å². The van der Waals surface area contributed by atoms with E-state index in [0.29, 0.717) is 39.7 Å². The molecule has 0 bridgehead atoms. The summed E-state index contributed by atoms with van der Waals surface area (Å²) in [6.07, 6.45) is 1.64. The molecule has 3 aromatic rings. The fourth-order valence-electron chi connectivity index (χ4n) is 2.63. The summed E-state index contributed by atoms with van der Waals surface area (Å²) in [5, 5.41) is 5.83. The van der Waals surface area contributed by atoms with Crippen LogP contribution in [0.4, 0.5) is 0 Å². The molecule has 0 aromatic heterocycles. The molecule has 0 heterocycles. The highest BCUT2D eigenvalue weighted by Crippen LogP contribution is 2.36. The zero-order valence-corrected chi connectivity index (χ0v) is 17.9. The second-order valence-corrected chi connectivity index (χ2v) is 7.32. The van der Waals surface area contributed by atoms with E-state index in [0.717, 1.165) is 16.7 Å². The SMILES string of the molecule is COc1cc(/C=N\NCc2c(Cl)cccc2Cl)cc(Cl)c1OCc1ccccc1. The van der Waals surface area contributed by atoms with Crippen LogP contribution >= 0.6 is 34.8 Å². The normalized spacial score (nSPS) is 10.9. The summed E-state index contributed by atoms with van der Waals surface area (Å²) in [5.41, 5.74) is 5.52. The Balaban J connectivity index is 1.67. The molecular weight excluding hydrogens is 431 g/mol. The Hall–Kier alpha value is -2.40. The van der Waals surface area contributed by atoms with Crippen molar-refractivity contribution >= 4 is 41.0 Å². The van der Waals surface area contributed by atoms with Gasteiger partial charge in [-0.2, -0.15) is 5.10 Å². The molecule has 0 atom stereocenters. The Kier molecular flexibility index (Phi) is 7.64. The first kappa shape index (κ1) is 21.3. The standard InChI is InChI=1S/C22H19Cl3N2O2/c1-28-21-11-16(12-26-27-13-17-18(23)8-5-9-19(17)24)10-20(25)22(21)29-14-15-6-3-2-4-7-15/h2-12,27H,13-14H2,1H3/b26-12-. The number of nitrogens with one attached hydrogen (secondary N) is 1. The number of hydrogen-bond donors (Lipinski definition) is 1. The van der Waals surface area contributed by atoms with Crippen LogP contribution < -0.4 is 14.9 Å². The lowest BCUT2D eigenvalue weighted by Crippen LogP contribution is -2.07. The van der Waals surface area contributed by atoms with Gasteiger partial charge in [0.05, 0.1) is 24.9 Å². The van der Waals surface area contributed by atoms with E-state index in [1.54, 1.807) is 43.7 Å². The molecule has 0 saturated carbocycles. The zero-order chi connectivity index (χ0) is 20.6. The van der Waals surface area contributed by atoms with Gasteiger partial charge in [-0.25, -0.2) is 0 Å². The van der Waals surface area contributed by atoms with Gasteiger partial charge in [-0.1, -0.05) is 71.2 Å². The number of hydrogen-bond acceptors (Lipinski definition) is 4. The lowest BCUT2D eigenvalue weighted by atomic mass is 10.2. The van der Waals surface area contributed by atoms with Gasteiger partial charge in [-0.05, 0) is 35.4 Å². The molecule has 7 heteroatoms. The molecule has 0 radical (unpaired) electrons. The summed E-state index contributed by atoms with van der Waals surface area (Å²) in [4.78, 5) is 0. The van der Waals surface area contributed by atoms with Crippen molar-refractivity contribution in [1.29, 1.82) is 0 Å². The number of ether oxygens (including phenoxy) is 2. The number of nitrogens with zero attached hydrogens (tertiary/aromatic N) is 1. The van der Waals surface area contributed by atoms with E-state index in [2.05, 4.69) is 10.5 Å². The van der Waals surface area contributed by atoms with Crippen molar-refractivity contribution in [2.45, 2.75) is 13.2 Å². The molecule has 3 rings (SSSR count). The van der Waals surface area contributed by atoms with Crippen molar-refractivity contribution in [2.75, 3.05) is 7.11 Å². The molecule has 3 aromatic carbocycles. The minimum atomic E-state index is 0.393. The number of benzene rings is 3. The first-order chi connectivity index (χ1) is 14.1. The Bertz CT molecular complexity index is 975. The fraction of sp³-hybridized carbons (Fsp3) is 0.136. The number of rotatable bonds is 8. The second-order valence-electron chi connectivity index (χ2n) is 6.10. The molecule has 0 aliphatic rings. The summed E-state index contributed by atoms with van der Waals surface area (Å²) >= 11 is 18.7. The highest BCUT2D eigenvalue weighted by Gasteiger charge is 2.12. The highest BCUT2D eigenvalue weighted by molar-refractivity contribution is 6.36. The number of halogens is 3. The molecule has 29 heavy (non-hydrogen) atoms. The van der Waals surface area contributed by atoms with Crippen molar-refractivity contribution in [2.24, 2.45) is 5.10 Å². The maximum absolute atomic E-state index is 6.41. The minimum absolute atomic E-state index is 0.393. The van der Waals surface area contributed by atoms with Crippen molar-refractivity contribution in [1.82, 2.24) is 5.43 Å². The largest absolute Gasteiger partial charge is 0.493 e. The predicted octanol–water partition coefficient (Wildman–Crippen LogP) is 6.36. The highest BCUT2D eigenvalue weighted by atomic mass is 35.5. The molecule has 0 aliphatic carbocycles. The average Bonchev–Trinajstić information content (AvgIpc) is 2.72. The fourth-order valence-corrected chi connectivity index (χ4v) is 3.43. The molecule has 0 amide bonds. The molecule has 150 valence electrons. The summed E-state index contributed by atoms with van der Waals surface area (Å²) in [6.45, 7) is 0.794. The van der Waals surface area contributed by atoms with Crippen LogP contribution in [0.15, 0.2) is 65.8 Å². The van der Waals surface area contributed by atoms with Gasteiger partial charge in [0.25, 0.3) is 0 Å². The first-order valence-corrected chi connectivity index (χ1v) is 9.95. The van der Waals surface area contributed by atoms with Crippen LogP contribution in [-0.4, -0.2) is 13.3 Å². The quantitative estimate of drug-likeness (QED) is 0.321. The summed E-state index contributed by atoms with van der Waals surface area (Å²) < 4.78 is 11.3. The second kappa shape index (κ2) is 10.4. The van der Waals surface area contributed by atoms with Crippen LogP contribution in [0.25, 0.3) is 0 Å². The average molecular weight is 450 g/mol. The van der Waals surface area contributed by atoms with E-state index in [1.807, 2.05) is 30.3 Å². The van der Waals surface area contributed by atoms with Crippen LogP contribution in [0.3, 0.4) is 0 Å². The van der Waals surface area contributed by atoms with Crippen molar-refractivity contribution in [3.8, 4) is 11.5 Å². The Morgan fingerprint density at radius 3 is 2.34 bits per heavy atom. The van der Waals surface area contributed by atoms with Crippen LogP contribution in [0.2, 0.25) is 15.1 Å². The summed E-state index contributed by atoms with van der Waals surface area (Å²) in [5.74, 6) is 1.02. The maximum atomic E-state index is 6.41. The van der Waals surface area contributed by atoms with Crippen LogP contribution in [-0.2, 0) is 13.2 Å². The third-order valence-corrected chi connectivity index (χ3v) is 5.09. The molecular formula is C22H19Cl3N2O2. The van der Waals surface area contributed by atoms with Gasteiger partial charge in [0.15, 0.2) is 11.5 Å². The van der Waals surface area contributed by atoms with E-state index in [9.17, 15) is 0 Å². The van der Waals surface area contributed by atoms with Gasteiger partial charge in [-0.3, -0.25) is 0 Å². The summed E-state index contributed by atoms with van der Waals surface area (Å²) in [6, 6.07) is 18.8. The molecule has 0 spiro atoms. The van der Waals surface area contributed by atoms with Crippen LogP contribution in [0.1, 0.15) is 16.7 Å². The number of hydrazone groups is 1. The van der Waals surface area contributed by atoms with Gasteiger partial charge in [0.2, 0.25) is 0 Å². The van der Waals surface area contributed by atoms with Crippen LogP contribution in [0, 0.1) is 0 Å². The zero-order valence-electron chi connectivity index (χ0n) is 15.7. The van der Waals surface area contributed by atoms with Crippen molar-refractivity contribution in [3.05, 3.63) is 92.4 Å². The van der Waals surface area contributed by atoms with Gasteiger partial charge in [0, 0.05) is 15.6 Å². The molecule has 4 nitrogen and oxygen atoms in total. The van der Waals surface area contributed by atoms with Gasteiger partial charge in [-0.15, -0.1) is 0 Å². The smallest absolute Gasteiger partial charge is 0.180 e. The Morgan fingerprint density at radius 2 is 1.66 bits per heavy atom. The molecule has 0 unspecified atom stereocenters. The monoisotopic (exact) mass is 448 g/mol. The van der Waals surface area contributed by atoms with E-state index in [-0.39, 0.29) is 0 Å². The van der Waals surface area contributed by atoms with E-state index in [4.69, 9.17) is 44.3 Å². The maximum Gasteiger partial charge on any atom is 0.180 e. The third kappa shape index (κ3) is 5.80. The Morgan fingerprint density at radius 1 is 0.931 bits per heavy atom. The summed E-state index contributed by atoms with van der Waals surface area (Å²) in [7, 11) is 1.57. The van der Waals surface area contributed by atoms with E-state index >= 15 is 0 Å². The number of methoxy groups -OCH3 is 1. The van der Waals surface area contributed by atoms with Gasteiger partial charge < -0.3 is 14.9 Å². The lowest BCUT2D eigenvalue weighted by molar-refractivity contribution is 0.284. The van der Waals surface area contributed by atoms with Crippen molar-refractivity contribution < 1.29 is 9.47 Å². The van der Waals surface area contributed by atoms with E-state index in [1.165, 1.54) is 0 Å². The van der Waals surface area contributed by atoms with Crippen molar-refractivity contribution in [3.63, 3.8) is 0 Å². The topological polar surface area (TPSA) is 42.8 Å². The minimum Gasteiger partial charge on any atom is -0.493 e. The van der Waals surface area contributed by atoms with Gasteiger partial charge >= 0.3 is 0 Å². The molecule has 1 N–H and O–H groups in total. The predicted molar refractivity (Wildman–Crippen MR) is 120 cm³/mol. The lowest BCUT2D eigenvalue weighted by Gasteiger charge is -2.13. The molecule has 0 saturated heterocycles. The molecule has 0 aliphatic heterocycles. The third-order valence-electron chi connectivity index (χ3n) is 4.10. The molecule has 0 fully saturated rings. The van der Waals surface area contributed by atoms with Crippen LogP contribution in [0.5, 0.6) is 11.5 Å². The van der Waals surface area contributed by atoms with E-state index < -0.39 is 0 Å². The Labute approximate surface area is 185 Å². The first-order valence-electron chi connectivity index (χ1n) is 8.81.